The van der Waals surface area contributed by atoms with Crippen molar-refractivity contribution in [2.45, 2.75) is 39.7 Å². The van der Waals surface area contributed by atoms with Crippen molar-refractivity contribution < 1.29 is 0 Å². The van der Waals surface area contributed by atoms with E-state index in [0.29, 0.717) is 5.92 Å². The van der Waals surface area contributed by atoms with Gasteiger partial charge in [-0.25, -0.2) is 9.97 Å². The van der Waals surface area contributed by atoms with Gasteiger partial charge in [0.15, 0.2) is 10.9 Å². The first-order chi connectivity index (χ1) is 13.6. The van der Waals surface area contributed by atoms with E-state index in [2.05, 4.69) is 37.3 Å². The maximum Gasteiger partial charge on any atom is 0.188 e. The number of thiazole rings is 1. The summed E-state index contributed by atoms with van der Waals surface area (Å²) in [6, 6.07) is 4.28. The Bertz CT molecular complexity index is 899. The molecule has 1 fully saturated rings. The molecule has 1 aliphatic rings. The van der Waals surface area contributed by atoms with Crippen LogP contribution in [0.2, 0.25) is 0 Å². The summed E-state index contributed by atoms with van der Waals surface area (Å²) in [4.78, 5) is 21.5. The zero-order valence-electron chi connectivity index (χ0n) is 16.4. The lowest BCUT2D eigenvalue weighted by Crippen LogP contribution is -2.34. The van der Waals surface area contributed by atoms with E-state index in [1.165, 1.54) is 23.3 Å². The van der Waals surface area contributed by atoms with Gasteiger partial charge in [-0.1, -0.05) is 6.07 Å². The molecule has 0 bridgehead atoms. The van der Waals surface area contributed by atoms with Gasteiger partial charge in [0.2, 0.25) is 0 Å². The van der Waals surface area contributed by atoms with Gasteiger partial charge in [-0.15, -0.1) is 11.3 Å². The van der Waals surface area contributed by atoms with Gasteiger partial charge in [0.05, 0.1) is 11.9 Å². The Morgan fingerprint density at radius 1 is 1.07 bits per heavy atom. The molecule has 28 heavy (non-hydrogen) atoms. The van der Waals surface area contributed by atoms with Crippen molar-refractivity contribution in [3.63, 3.8) is 0 Å². The van der Waals surface area contributed by atoms with Gasteiger partial charge in [0.25, 0.3) is 0 Å². The van der Waals surface area contributed by atoms with E-state index in [0.717, 1.165) is 48.4 Å². The molecule has 0 atom stereocenters. The van der Waals surface area contributed by atoms with Gasteiger partial charge in [-0.05, 0) is 63.7 Å². The van der Waals surface area contributed by atoms with Crippen LogP contribution in [-0.2, 0) is 13.0 Å². The highest BCUT2D eigenvalue weighted by Gasteiger charge is 2.20. The molecule has 0 saturated carbocycles. The molecule has 146 valence electrons. The van der Waals surface area contributed by atoms with Gasteiger partial charge < -0.3 is 5.32 Å². The van der Waals surface area contributed by atoms with Crippen LogP contribution in [0, 0.1) is 19.8 Å². The summed E-state index contributed by atoms with van der Waals surface area (Å²) in [6.07, 6.45) is 10.9. The Balaban J connectivity index is 1.28. The summed E-state index contributed by atoms with van der Waals surface area (Å²) in [6.45, 7) is 7.32. The molecule has 0 radical (unpaired) electrons. The number of aromatic nitrogens is 4. The lowest BCUT2D eigenvalue weighted by atomic mass is 9.92. The highest BCUT2D eigenvalue weighted by molar-refractivity contribution is 7.15. The molecule has 0 unspecified atom stereocenters. The number of rotatable bonds is 6. The minimum Gasteiger partial charge on any atom is -0.315 e. The Labute approximate surface area is 170 Å². The predicted molar refractivity (Wildman–Crippen MR) is 113 cm³/mol. The summed E-state index contributed by atoms with van der Waals surface area (Å²) in [5.74, 6) is 1.44. The van der Waals surface area contributed by atoms with Crippen LogP contribution in [0.15, 0.2) is 36.9 Å². The third kappa shape index (κ3) is 5.11. The second-order valence-electron chi connectivity index (χ2n) is 7.53. The Morgan fingerprint density at radius 2 is 1.93 bits per heavy atom. The van der Waals surface area contributed by atoms with E-state index >= 15 is 0 Å². The monoisotopic (exact) mass is 394 g/mol. The standard InChI is InChI=1S/C21H26N6S/c1-15-3-4-18(11-23-15)14-27-7-5-17(6-8-27)9-19-12-22-13-20(25-19)26-21-24-10-16(2)28-21/h3-4,10-13,17H,5-9,14H2,1-2H3,(H,24,25,26). The van der Waals surface area contributed by atoms with Crippen LogP contribution in [0.25, 0.3) is 0 Å². The summed E-state index contributed by atoms with van der Waals surface area (Å²) >= 11 is 1.63. The third-order valence-corrected chi connectivity index (χ3v) is 5.95. The van der Waals surface area contributed by atoms with E-state index in [9.17, 15) is 0 Å². The smallest absolute Gasteiger partial charge is 0.188 e. The van der Waals surface area contributed by atoms with Crippen molar-refractivity contribution in [3.8, 4) is 0 Å². The highest BCUT2D eigenvalue weighted by Crippen LogP contribution is 2.24. The summed E-state index contributed by atoms with van der Waals surface area (Å²) in [5, 5.41) is 4.12. The normalized spacial score (nSPS) is 15.6. The van der Waals surface area contributed by atoms with Crippen molar-refractivity contribution >= 4 is 22.3 Å². The van der Waals surface area contributed by atoms with Crippen LogP contribution in [0.5, 0.6) is 0 Å². The second-order valence-corrected chi connectivity index (χ2v) is 8.76. The SMILES string of the molecule is Cc1ccc(CN2CCC(Cc3cncc(Nc4ncc(C)s4)n3)CC2)cn1. The fourth-order valence-electron chi connectivity index (χ4n) is 3.58. The Hall–Kier alpha value is -2.38. The van der Waals surface area contributed by atoms with Crippen molar-refractivity contribution in [1.82, 2.24) is 24.8 Å². The van der Waals surface area contributed by atoms with Gasteiger partial charge in [0, 0.05) is 35.7 Å². The number of anilines is 2. The van der Waals surface area contributed by atoms with E-state index in [4.69, 9.17) is 4.98 Å². The van der Waals surface area contributed by atoms with Crippen molar-refractivity contribution in [1.29, 1.82) is 0 Å². The largest absolute Gasteiger partial charge is 0.315 e. The van der Waals surface area contributed by atoms with Gasteiger partial charge in [-0.2, -0.15) is 0 Å². The van der Waals surface area contributed by atoms with Gasteiger partial charge in [-0.3, -0.25) is 14.9 Å². The first-order valence-electron chi connectivity index (χ1n) is 9.78. The quantitative estimate of drug-likeness (QED) is 0.678. The molecule has 3 aromatic rings. The molecule has 4 heterocycles. The summed E-state index contributed by atoms with van der Waals surface area (Å²) in [5.41, 5.74) is 3.43. The molecule has 1 saturated heterocycles. The molecule has 3 aromatic heterocycles. The molecular formula is C21H26N6S. The molecule has 6 nitrogen and oxygen atoms in total. The number of piperidine rings is 1. The maximum atomic E-state index is 4.74. The molecule has 4 rings (SSSR count). The number of likely N-dealkylation sites (tertiary alicyclic amines) is 1. The van der Waals surface area contributed by atoms with Crippen molar-refractivity contribution in [2.24, 2.45) is 5.92 Å². The van der Waals surface area contributed by atoms with Crippen LogP contribution in [-0.4, -0.2) is 37.9 Å². The van der Waals surface area contributed by atoms with Crippen LogP contribution in [0.1, 0.15) is 34.7 Å². The average Bonchev–Trinajstić information content (AvgIpc) is 3.10. The van der Waals surface area contributed by atoms with Crippen LogP contribution < -0.4 is 5.32 Å². The molecule has 7 heteroatoms. The number of aryl methyl sites for hydroxylation is 2. The molecule has 0 spiro atoms. The van der Waals surface area contributed by atoms with Crippen LogP contribution >= 0.6 is 11.3 Å². The van der Waals surface area contributed by atoms with Crippen LogP contribution in [0.3, 0.4) is 0 Å². The average molecular weight is 395 g/mol. The number of pyridine rings is 1. The van der Waals surface area contributed by atoms with E-state index in [1.807, 2.05) is 32.4 Å². The van der Waals surface area contributed by atoms with Crippen LogP contribution in [0.4, 0.5) is 10.9 Å². The number of nitrogens with one attached hydrogen (secondary N) is 1. The molecule has 0 aliphatic carbocycles. The first kappa shape index (κ1) is 19.0. The second kappa shape index (κ2) is 8.75. The predicted octanol–water partition coefficient (Wildman–Crippen LogP) is 4.14. The Kier molecular flexibility index (Phi) is 5.92. The molecule has 1 aliphatic heterocycles. The zero-order chi connectivity index (χ0) is 19.3. The number of hydrogen-bond donors (Lipinski definition) is 1. The van der Waals surface area contributed by atoms with E-state index < -0.39 is 0 Å². The summed E-state index contributed by atoms with van der Waals surface area (Å²) < 4.78 is 0. The third-order valence-electron chi connectivity index (χ3n) is 5.12. The van der Waals surface area contributed by atoms with Crippen molar-refractivity contribution in [3.05, 3.63) is 58.7 Å². The molecule has 1 N–H and O–H groups in total. The van der Waals surface area contributed by atoms with Crippen molar-refractivity contribution in [2.75, 3.05) is 18.4 Å². The fraction of sp³-hybridized carbons (Fsp3) is 0.429. The van der Waals surface area contributed by atoms with E-state index in [-0.39, 0.29) is 0 Å². The van der Waals surface area contributed by atoms with E-state index in [1.54, 1.807) is 17.5 Å². The number of hydrogen-bond acceptors (Lipinski definition) is 7. The topological polar surface area (TPSA) is 66.8 Å². The lowest BCUT2D eigenvalue weighted by molar-refractivity contribution is 0.176. The number of nitrogens with zero attached hydrogens (tertiary/aromatic N) is 5. The highest BCUT2D eigenvalue weighted by atomic mass is 32.1. The molecule has 0 aromatic carbocycles. The Morgan fingerprint density at radius 3 is 2.64 bits per heavy atom. The molecular weight excluding hydrogens is 368 g/mol. The van der Waals surface area contributed by atoms with Gasteiger partial charge >= 0.3 is 0 Å². The maximum absolute atomic E-state index is 4.74. The minimum atomic E-state index is 0.666. The molecule has 0 amide bonds. The zero-order valence-corrected chi connectivity index (χ0v) is 17.2. The lowest BCUT2D eigenvalue weighted by Gasteiger charge is -2.31. The first-order valence-corrected chi connectivity index (χ1v) is 10.6. The fourth-order valence-corrected chi connectivity index (χ4v) is 4.25. The van der Waals surface area contributed by atoms with Gasteiger partial charge in [0.1, 0.15) is 0 Å². The summed E-state index contributed by atoms with van der Waals surface area (Å²) in [7, 11) is 0. The minimum absolute atomic E-state index is 0.666.